The summed E-state index contributed by atoms with van der Waals surface area (Å²) < 4.78 is 16.8. The number of rotatable bonds is 11. The van der Waals surface area contributed by atoms with Crippen molar-refractivity contribution < 1.29 is 28.9 Å². The van der Waals surface area contributed by atoms with Crippen molar-refractivity contribution in [3.05, 3.63) is 48.2 Å². The largest absolute Gasteiger partial charge is 0.488 e. The molecule has 1 amide bonds. The van der Waals surface area contributed by atoms with Gasteiger partial charge < -0.3 is 29.5 Å². The van der Waals surface area contributed by atoms with Crippen LogP contribution in [-0.2, 0) is 4.74 Å². The molecule has 9 nitrogen and oxygen atoms in total. The van der Waals surface area contributed by atoms with Gasteiger partial charge in [-0.3, -0.25) is 0 Å². The number of carboxylic acid groups (broad SMARTS) is 1. The van der Waals surface area contributed by atoms with Crippen LogP contribution in [-0.4, -0.2) is 65.9 Å². The van der Waals surface area contributed by atoms with E-state index in [1.807, 2.05) is 33.9 Å². The molecule has 0 aliphatic rings. The topological polar surface area (TPSA) is 110 Å². The van der Waals surface area contributed by atoms with E-state index >= 15 is 0 Å². The summed E-state index contributed by atoms with van der Waals surface area (Å²) in [6, 6.07) is 10.0. The van der Waals surface area contributed by atoms with Crippen LogP contribution < -0.4 is 14.8 Å². The molecule has 0 spiro atoms. The molecule has 32 heavy (non-hydrogen) atoms. The summed E-state index contributed by atoms with van der Waals surface area (Å²) in [6.07, 6.45) is 1.82. The number of aromatic carboxylic acids is 1. The third kappa shape index (κ3) is 8.81. The standard InChI is InChI=1S/C23H31N3O6/c1-23(2,3)32-22(29)25-13-8-14-26(4)15-16-30-18-10-5-6-11-19(18)31-20-17(21(27)28)9-7-12-24-20/h5-7,9-12H,8,13-16H2,1-4H3,(H,25,29)(H,27,28). The maximum atomic E-state index is 11.6. The first-order valence-corrected chi connectivity index (χ1v) is 10.4. The van der Waals surface area contributed by atoms with Gasteiger partial charge in [0.05, 0.1) is 0 Å². The van der Waals surface area contributed by atoms with Crippen molar-refractivity contribution in [1.82, 2.24) is 15.2 Å². The van der Waals surface area contributed by atoms with E-state index in [1.165, 1.54) is 18.3 Å². The highest BCUT2D eigenvalue weighted by Crippen LogP contribution is 2.31. The lowest BCUT2D eigenvalue weighted by Crippen LogP contribution is -2.34. The number of carbonyl (C=O) groups excluding carboxylic acids is 1. The molecule has 2 N–H and O–H groups in total. The fourth-order valence-corrected chi connectivity index (χ4v) is 2.67. The molecule has 174 valence electrons. The highest BCUT2D eigenvalue weighted by atomic mass is 16.6. The summed E-state index contributed by atoms with van der Waals surface area (Å²) in [7, 11) is 1.96. The van der Waals surface area contributed by atoms with Gasteiger partial charge in [-0.15, -0.1) is 0 Å². The van der Waals surface area contributed by atoms with E-state index in [1.54, 1.807) is 18.2 Å². The van der Waals surface area contributed by atoms with E-state index in [2.05, 4.69) is 15.2 Å². The summed E-state index contributed by atoms with van der Waals surface area (Å²) in [4.78, 5) is 29.1. The number of nitrogens with zero attached hydrogens (tertiary/aromatic N) is 2. The fraction of sp³-hybridized carbons (Fsp3) is 0.435. The average Bonchev–Trinajstić information content (AvgIpc) is 2.71. The zero-order valence-electron chi connectivity index (χ0n) is 19.0. The number of alkyl carbamates (subject to hydrolysis) is 1. The van der Waals surface area contributed by atoms with Crippen LogP contribution in [0.15, 0.2) is 42.6 Å². The molecule has 2 aromatic rings. The summed E-state index contributed by atoms with van der Waals surface area (Å²) in [6.45, 7) is 7.83. The number of hydrogen-bond acceptors (Lipinski definition) is 7. The van der Waals surface area contributed by atoms with Gasteiger partial charge in [0.2, 0.25) is 5.88 Å². The Morgan fingerprint density at radius 1 is 1.09 bits per heavy atom. The van der Waals surface area contributed by atoms with Crippen LogP contribution in [0, 0.1) is 0 Å². The molecule has 0 fully saturated rings. The molecule has 1 heterocycles. The normalized spacial score (nSPS) is 11.2. The van der Waals surface area contributed by atoms with Crippen molar-refractivity contribution in [2.24, 2.45) is 0 Å². The maximum absolute atomic E-state index is 11.6. The number of nitrogens with one attached hydrogen (secondary N) is 1. The minimum atomic E-state index is -1.12. The molecule has 1 aromatic heterocycles. The minimum Gasteiger partial charge on any atom is -0.488 e. The zero-order valence-corrected chi connectivity index (χ0v) is 19.0. The fourth-order valence-electron chi connectivity index (χ4n) is 2.67. The summed E-state index contributed by atoms with van der Waals surface area (Å²) in [5.74, 6) is -0.229. The smallest absolute Gasteiger partial charge is 0.407 e. The molecular formula is C23H31N3O6. The van der Waals surface area contributed by atoms with Gasteiger partial charge >= 0.3 is 12.1 Å². The molecule has 1 aromatic carbocycles. The van der Waals surface area contributed by atoms with Crippen LogP contribution in [0.4, 0.5) is 4.79 Å². The van der Waals surface area contributed by atoms with E-state index in [9.17, 15) is 14.7 Å². The van der Waals surface area contributed by atoms with Crippen molar-refractivity contribution >= 4 is 12.1 Å². The Balaban J connectivity index is 1.78. The number of pyridine rings is 1. The summed E-state index contributed by atoms with van der Waals surface area (Å²) in [5.41, 5.74) is -0.536. The summed E-state index contributed by atoms with van der Waals surface area (Å²) >= 11 is 0. The number of amides is 1. The molecule has 2 rings (SSSR count). The predicted molar refractivity (Wildman–Crippen MR) is 120 cm³/mol. The first-order chi connectivity index (χ1) is 15.2. The average molecular weight is 446 g/mol. The lowest BCUT2D eigenvalue weighted by molar-refractivity contribution is 0.0525. The highest BCUT2D eigenvalue weighted by Gasteiger charge is 2.16. The van der Waals surface area contributed by atoms with Gasteiger partial charge in [0.1, 0.15) is 17.8 Å². The van der Waals surface area contributed by atoms with Gasteiger partial charge in [0.15, 0.2) is 11.5 Å². The number of benzene rings is 1. The van der Waals surface area contributed by atoms with Gasteiger partial charge in [-0.2, -0.15) is 0 Å². The first kappa shape index (κ1) is 24.9. The molecule has 0 aliphatic heterocycles. The second kappa shape index (κ2) is 11.9. The number of hydrogen-bond donors (Lipinski definition) is 2. The van der Waals surface area contributed by atoms with Gasteiger partial charge in [-0.1, -0.05) is 12.1 Å². The molecular weight excluding hydrogens is 414 g/mol. The summed E-state index contributed by atoms with van der Waals surface area (Å²) in [5, 5.41) is 12.0. The van der Waals surface area contributed by atoms with Gasteiger partial charge in [-0.05, 0) is 65.0 Å². The lowest BCUT2D eigenvalue weighted by atomic mass is 10.2. The van der Waals surface area contributed by atoms with Crippen LogP contribution in [0.1, 0.15) is 37.6 Å². The van der Waals surface area contributed by atoms with E-state index in [0.717, 1.165) is 13.0 Å². The van der Waals surface area contributed by atoms with E-state index < -0.39 is 17.7 Å². The number of likely N-dealkylation sites (N-methyl/N-ethyl adjacent to an activating group) is 1. The number of ether oxygens (including phenoxy) is 3. The van der Waals surface area contributed by atoms with E-state index in [-0.39, 0.29) is 11.4 Å². The Labute approximate surface area is 188 Å². The molecule has 0 bridgehead atoms. The van der Waals surface area contributed by atoms with Crippen molar-refractivity contribution in [3.63, 3.8) is 0 Å². The number of aromatic nitrogens is 1. The Kier molecular flexibility index (Phi) is 9.27. The molecule has 0 unspecified atom stereocenters. The predicted octanol–water partition coefficient (Wildman–Crippen LogP) is 3.80. The zero-order chi connectivity index (χ0) is 23.6. The highest BCUT2D eigenvalue weighted by molar-refractivity contribution is 5.90. The Hall–Kier alpha value is -3.33. The molecule has 0 atom stereocenters. The van der Waals surface area contributed by atoms with Crippen LogP contribution in [0.3, 0.4) is 0 Å². The molecule has 9 heteroatoms. The van der Waals surface area contributed by atoms with Gasteiger partial charge in [0.25, 0.3) is 0 Å². The second-order valence-corrected chi connectivity index (χ2v) is 8.14. The number of para-hydroxylation sites is 2. The Morgan fingerprint density at radius 2 is 1.81 bits per heavy atom. The van der Waals surface area contributed by atoms with Gasteiger partial charge in [0, 0.05) is 19.3 Å². The number of carbonyl (C=O) groups is 2. The minimum absolute atomic E-state index is 0.00524. The van der Waals surface area contributed by atoms with Crippen LogP contribution >= 0.6 is 0 Å². The Bertz CT molecular complexity index is 897. The quantitative estimate of drug-likeness (QED) is 0.503. The van der Waals surface area contributed by atoms with Crippen molar-refractivity contribution in [2.75, 3.05) is 33.3 Å². The third-order valence-electron chi connectivity index (χ3n) is 4.17. The molecule has 0 saturated carbocycles. The van der Waals surface area contributed by atoms with Crippen LogP contribution in [0.2, 0.25) is 0 Å². The lowest BCUT2D eigenvalue weighted by Gasteiger charge is -2.20. The second-order valence-electron chi connectivity index (χ2n) is 8.14. The van der Waals surface area contributed by atoms with E-state index in [0.29, 0.717) is 31.2 Å². The maximum Gasteiger partial charge on any atom is 0.407 e. The molecule has 0 aliphatic carbocycles. The van der Waals surface area contributed by atoms with Crippen molar-refractivity contribution in [3.8, 4) is 17.4 Å². The number of carboxylic acids is 1. The van der Waals surface area contributed by atoms with Crippen LogP contribution in [0.5, 0.6) is 17.4 Å². The third-order valence-corrected chi connectivity index (χ3v) is 4.17. The van der Waals surface area contributed by atoms with Gasteiger partial charge in [-0.25, -0.2) is 14.6 Å². The van der Waals surface area contributed by atoms with Crippen molar-refractivity contribution in [2.45, 2.75) is 32.8 Å². The Morgan fingerprint density at radius 3 is 2.50 bits per heavy atom. The SMILES string of the molecule is CN(CCCNC(=O)OC(C)(C)C)CCOc1ccccc1Oc1ncccc1C(=O)O. The van der Waals surface area contributed by atoms with Crippen molar-refractivity contribution in [1.29, 1.82) is 0 Å². The molecule has 0 saturated heterocycles. The van der Waals surface area contributed by atoms with E-state index in [4.69, 9.17) is 14.2 Å². The molecule has 0 radical (unpaired) electrons. The monoisotopic (exact) mass is 445 g/mol. The van der Waals surface area contributed by atoms with Crippen LogP contribution in [0.25, 0.3) is 0 Å². The first-order valence-electron chi connectivity index (χ1n) is 10.4.